The van der Waals surface area contributed by atoms with Gasteiger partial charge in [-0.15, -0.1) is 0 Å². The van der Waals surface area contributed by atoms with E-state index in [9.17, 15) is 17.6 Å². The minimum absolute atomic E-state index is 0.0164. The van der Waals surface area contributed by atoms with Crippen LogP contribution in [0.3, 0.4) is 0 Å². The number of carbonyl (C=O) groups is 1. The van der Waals surface area contributed by atoms with Gasteiger partial charge in [-0.3, -0.25) is 4.79 Å². The molecule has 0 fully saturated rings. The maximum absolute atomic E-state index is 13.5. The molecule has 1 rings (SSSR count). The van der Waals surface area contributed by atoms with Crippen LogP contribution >= 0.6 is 0 Å². The van der Waals surface area contributed by atoms with Crippen LogP contribution in [0.4, 0.5) is 10.1 Å². The van der Waals surface area contributed by atoms with Gasteiger partial charge in [-0.2, -0.15) is 4.72 Å². The minimum atomic E-state index is -4.07. The van der Waals surface area contributed by atoms with Gasteiger partial charge < -0.3 is 10.5 Å². The predicted molar refractivity (Wildman–Crippen MR) is 72.0 cm³/mol. The summed E-state index contributed by atoms with van der Waals surface area (Å²) < 4.78 is 44.6. The largest absolute Gasteiger partial charge is 0.465 e. The Bertz CT molecular complexity index is 616. The lowest BCUT2D eigenvalue weighted by Gasteiger charge is -2.15. The molecule has 0 aliphatic rings. The van der Waals surface area contributed by atoms with Gasteiger partial charge in [-0.25, -0.2) is 12.8 Å². The monoisotopic (exact) mass is 304 g/mol. The highest BCUT2D eigenvalue weighted by Gasteiger charge is 2.25. The summed E-state index contributed by atoms with van der Waals surface area (Å²) in [6, 6.07) is 1.09. The first-order valence-corrected chi connectivity index (χ1v) is 7.42. The number of sulfonamides is 1. The van der Waals surface area contributed by atoms with Crippen LogP contribution in [-0.2, 0) is 19.6 Å². The number of carbonyl (C=O) groups excluding carboxylic acids is 1. The van der Waals surface area contributed by atoms with Crippen molar-refractivity contribution in [1.82, 2.24) is 4.72 Å². The van der Waals surface area contributed by atoms with Crippen molar-refractivity contribution in [3.63, 3.8) is 0 Å². The number of nitrogens with two attached hydrogens (primary N) is 1. The number of anilines is 1. The van der Waals surface area contributed by atoms with Crippen molar-refractivity contribution in [2.45, 2.75) is 31.7 Å². The van der Waals surface area contributed by atoms with Crippen LogP contribution < -0.4 is 10.5 Å². The molecular weight excluding hydrogens is 287 g/mol. The molecule has 0 amide bonds. The molecular formula is C12H17FN2O4S. The third kappa shape index (κ3) is 3.67. The van der Waals surface area contributed by atoms with E-state index in [2.05, 4.69) is 4.72 Å². The van der Waals surface area contributed by atoms with Crippen molar-refractivity contribution in [1.29, 1.82) is 0 Å². The Hall–Kier alpha value is -1.67. The summed E-state index contributed by atoms with van der Waals surface area (Å²) in [4.78, 5) is 11.1. The smallest absolute Gasteiger partial charge is 0.323 e. The van der Waals surface area contributed by atoms with Crippen molar-refractivity contribution in [3.05, 3.63) is 23.5 Å². The van der Waals surface area contributed by atoms with Crippen LogP contribution in [0.15, 0.2) is 17.0 Å². The normalized spacial score (nSPS) is 13.0. The second kappa shape index (κ2) is 6.19. The lowest BCUT2D eigenvalue weighted by Crippen LogP contribution is -2.39. The predicted octanol–water partition coefficient (Wildman–Crippen LogP) is 0.946. The summed E-state index contributed by atoms with van der Waals surface area (Å²) in [5, 5.41) is 0. The lowest BCUT2D eigenvalue weighted by molar-refractivity contribution is -0.144. The molecule has 0 radical (unpaired) electrons. The summed E-state index contributed by atoms with van der Waals surface area (Å²) in [5.41, 5.74) is 5.36. The second-order valence-electron chi connectivity index (χ2n) is 4.22. The number of halogens is 1. The zero-order valence-corrected chi connectivity index (χ0v) is 12.3. The first-order valence-electron chi connectivity index (χ1n) is 5.93. The Morgan fingerprint density at radius 1 is 1.50 bits per heavy atom. The number of nitrogens with one attached hydrogen (secondary N) is 1. The van der Waals surface area contributed by atoms with E-state index in [4.69, 9.17) is 10.5 Å². The summed E-state index contributed by atoms with van der Waals surface area (Å²) >= 11 is 0. The highest BCUT2D eigenvalue weighted by molar-refractivity contribution is 7.89. The molecule has 0 aromatic heterocycles. The average Bonchev–Trinajstić information content (AvgIpc) is 2.33. The summed E-state index contributed by atoms with van der Waals surface area (Å²) in [7, 11) is -4.07. The number of rotatable bonds is 5. The molecule has 6 nitrogen and oxygen atoms in total. The zero-order chi connectivity index (χ0) is 15.5. The van der Waals surface area contributed by atoms with Gasteiger partial charge in [0.2, 0.25) is 10.0 Å². The van der Waals surface area contributed by atoms with Crippen LogP contribution in [0, 0.1) is 12.7 Å². The molecule has 1 atom stereocenters. The fraction of sp³-hybridized carbons (Fsp3) is 0.417. The molecule has 3 N–H and O–H groups in total. The molecule has 1 unspecified atom stereocenters. The van der Waals surface area contributed by atoms with Crippen LogP contribution in [0.5, 0.6) is 0 Å². The van der Waals surface area contributed by atoms with Crippen LogP contribution in [-0.4, -0.2) is 27.0 Å². The minimum Gasteiger partial charge on any atom is -0.465 e. The highest BCUT2D eigenvalue weighted by atomic mass is 32.2. The van der Waals surface area contributed by atoms with Crippen molar-refractivity contribution in [2.24, 2.45) is 0 Å². The Morgan fingerprint density at radius 3 is 2.65 bits per heavy atom. The van der Waals surface area contributed by atoms with E-state index in [0.29, 0.717) is 0 Å². The van der Waals surface area contributed by atoms with Crippen molar-refractivity contribution >= 4 is 21.7 Å². The Kier molecular flexibility index (Phi) is 5.07. The van der Waals surface area contributed by atoms with E-state index in [0.717, 1.165) is 12.1 Å². The number of nitrogen functional groups attached to an aromatic ring is 1. The molecule has 1 aromatic carbocycles. The topological polar surface area (TPSA) is 98.5 Å². The van der Waals surface area contributed by atoms with Gasteiger partial charge in [0, 0.05) is 11.3 Å². The molecule has 0 aliphatic carbocycles. The molecule has 20 heavy (non-hydrogen) atoms. The molecule has 0 spiro atoms. The number of esters is 1. The Labute approximate surface area is 117 Å². The van der Waals surface area contributed by atoms with Gasteiger partial charge in [0.05, 0.1) is 11.5 Å². The summed E-state index contributed by atoms with van der Waals surface area (Å²) in [5.74, 6) is -1.44. The van der Waals surface area contributed by atoms with E-state index in [1.165, 1.54) is 13.8 Å². The number of hydrogen-bond acceptors (Lipinski definition) is 5. The van der Waals surface area contributed by atoms with Crippen molar-refractivity contribution < 1.29 is 22.3 Å². The highest BCUT2D eigenvalue weighted by Crippen LogP contribution is 2.21. The maximum atomic E-state index is 13.5. The van der Waals surface area contributed by atoms with Gasteiger partial charge >= 0.3 is 5.97 Å². The number of hydrogen-bond donors (Lipinski definition) is 2. The maximum Gasteiger partial charge on any atom is 0.323 e. The van der Waals surface area contributed by atoms with E-state index in [1.807, 2.05) is 0 Å². The molecule has 0 saturated carbocycles. The molecule has 112 valence electrons. The van der Waals surface area contributed by atoms with Gasteiger partial charge in [-0.1, -0.05) is 0 Å². The molecule has 0 bridgehead atoms. The molecule has 0 aliphatic heterocycles. The van der Waals surface area contributed by atoms with Crippen LogP contribution in [0.25, 0.3) is 0 Å². The van der Waals surface area contributed by atoms with Gasteiger partial charge in [0.15, 0.2) is 0 Å². The summed E-state index contributed by atoms with van der Waals surface area (Å²) in [6.07, 6.45) is 0. The molecule has 0 heterocycles. The lowest BCUT2D eigenvalue weighted by atomic mass is 10.2. The number of benzene rings is 1. The third-order valence-electron chi connectivity index (χ3n) is 2.58. The van der Waals surface area contributed by atoms with Crippen molar-refractivity contribution in [3.8, 4) is 0 Å². The quantitative estimate of drug-likeness (QED) is 0.623. The van der Waals surface area contributed by atoms with Crippen molar-refractivity contribution in [2.75, 3.05) is 12.3 Å². The fourth-order valence-electron chi connectivity index (χ4n) is 1.56. The molecule has 1 aromatic rings. The SMILES string of the molecule is CCOC(=O)C(C)NS(=O)(=O)c1cc(N)cc(F)c1C. The third-order valence-corrected chi connectivity index (χ3v) is 4.25. The standard InChI is InChI=1S/C12H17FN2O4S/c1-4-19-12(16)8(3)15-20(17,18)11-6-9(14)5-10(13)7(11)2/h5-6,8,15H,4,14H2,1-3H3. The molecule has 0 saturated heterocycles. The Morgan fingerprint density at radius 2 is 2.10 bits per heavy atom. The average molecular weight is 304 g/mol. The fourth-order valence-corrected chi connectivity index (χ4v) is 3.04. The van der Waals surface area contributed by atoms with E-state index in [1.54, 1.807) is 6.92 Å². The van der Waals surface area contributed by atoms with Crippen LogP contribution in [0.1, 0.15) is 19.4 Å². The summed E-state index contributed by atoms with van der Waals surface area (Å²) in [6.45, 7) is 4.40. The van der Waals surface area contributed by atoms with Gasteiger partial charge in [0.1, 0.15) is 11.9 Å². The van der Waals surface area contributed by atoms with E-state index in [-0.39, 0.29) is 22.8 Å². The van der Waals surface area contributed by atoms with Crippen LogP contribution in [0.2, 0.25) is 0 Å². The number of ether oxygens (including phenoxy) is 1. The van der Waals surface area contributed by atoms with Gasteiger partial charge in [-0.05, 0) is 32.9 Å². The zero-order valence-electron chi connectivity index (χ0n) is 11.4. The molecule has 8 heteroatoms. The Balaban J connectivity index is 3.09. The van der Waals surface area contributed by atoms with Gasteiger partial charge in [0.25, 0.3) is 0 Å². The second-order valence-corrected chi connectivity index (χ2v) is 5.90. The van der Waals surface area contributed by atoms with E-state index >= 15 is 0 Å². The first-order chi connectivity index (χ1) is 9.19. The van der Waals surface area contributed by atoms with E-state index < -0.39 is 27.9 Å². The first kappa shape index (κ1) is 16.4.